The highest BCUT2D eigenvalue weighted by Gasteiger charge is 2.27. The lowest BCUT2D eigenvalue weighted by molar-refractivity contribution is 0.580. The molecule has 67 heavy (non-hydrogen) atoms. The summed E-state index contributed by atoms with van der Waals surface area (Å²) in [5.41, 5.74) is 13.1. The van der Waals surface area contributed by atoms with Gasteiger partial charge in [-0.3, -0.25) is 4.57 Å². The second-order valence-electron chi connectivity index (χ2n) is 17.0. The van der Waals surface area contributed by atoms with E-state index >= 15 is 0 Å². The third-order valence-corrected chi connectivity index (χ3v) is 13.0. The van der Waals surface area contributed by atoms with E-state index in [2.05, 4.69) is 185 Å². The van der Waals surface area contributed by atoms with Gasteiger partial charge in [0.2, 0.25) is 11.8 Å². The molecule has 0 saturated carbocycles. The molecule has 2 aliphatic carbocycles. The van der Waals surface area contributed by atoms with Gasteiger partial charge in [0.1, 0.15) is 5.52 Å². The zero-order valence-electron chi connectivity index (χ0n) is 36.3. The molecule has 0 bridgehead atoms. The van der Waals surface area contributed by atoms with Crippen LogP contribution < -0.4 is 0 Å². The smallest absolute Gasteiger partial charge is 0.238 e. The monoisotopic (exact) mass is 860 g/mol. The van der Waals surface area contributed by atoms with Crippen molar-refractivity contribution in [3.8, 4) is 40.3 Å². The number of nitrogens with zero attached hydrogens (tertiary/aromatic N) is 6. The Balaban J connectivity index is 1.13. The van der Waals surface area contributed by atoms with Crippen LogP contribution in [-0.2, 0) is 0 Å². The minimum absolute atomic E-state index is 0.422. The summed E-state index contributed by atoms with van der Waals surface area (Å²) in [6, 6.07) is 59.1. The van der Waals surface area contributed by atoms with Gasteiger partial charge in [-0.1, -0.05) is 176 Å². The number of fused-ring (bicyclic) bond motifs is 8. The van der Waals surface area contributed by atoms with Crippen molar-refractivity contribution in [3.63, 3.8) is 0 Å². The van der Waals surface area contributed by atoms with E-state index in [4.69, 9.17) is 24.4 Å². The number of para-hydroxylation sites is 4. The first kappa shape index (κ1) is 38.6. The molecule has 1 unspecified atom stereocenters. The normalized spacial score (nSPS) is 16.3. The van der Waals surface area contributed by atoms with Gasteiger partial charge in [-0.05, 0) is 71.5 Å². The second kappa shape index (κ2) is 16.0. The van der Waals surface area contributed by atoms with Gasteiger partial charge in [-0.2, -0.15) is 9.97 Å². The van der Waals surface area contributed by atoms with Crippen LogP contribution in [0.25, 0.3) is 100 Å². The van der Waals surface area contributed by atoms with Crippen molar-refractivity contribution >= 4 is 71.6 Å². The van der Waals surface area contributed by atoms with Crippen LogP contribution in [0.1, 0.15) is 42.5 Å². The minimum atomic E-state index is -0.422. The summed E-state index contributed by atoms with van der Waals surface area (Å²) in [6.07, 6.45) is 13.3. The maximum Gasteiger partial charge on any atom is 0.238 e. The van der Waals surface area contributed by atoms with Crippen LogP contribution in [0.2, 0.25) is 0 Å². The van der Waals surface area contributed by atoms with E-state index < -0.39 is 5.92 Å². The molecule has 11 aromatic rings. The molecule has 7 nitrogen and oxygen atoms in total. The van der Waals surface area contributed by atoms with Crippen molar-refractivity contribution in [1.82, 2.24) is 29.1 Å². The van der Waals surface area contributed by atoms with Crippen LogP contribution in [-0.4, -0.2) is 29.1 Å². The molecule has 0 fully saturated rings. The average molecular weight is 861 g/mol. The van der Waals surface area contributed by atoms with Crippen LogP contribution in [0.15, 0.2) is 205 Å². The molecule has 7 heteroatoms. The van der Waals surface area contributed by atoms with Crippen LogP contribution in [0.3, 0.4) is 0 Å². The third kappa shape index (κ3) is 6.61. The van der Waals surface area contributed by atoms with Crippen LogP contribution in [0, 0.1) is 11.8 Å². The molecule has 7 aromatic carbocycles. The maximum absolute atomic E-state index is 6.54. The third-order valence-electron chi connectivity index (χ3n) is 13.0. The molecule has 0 saturated heterocycles. The quantitative estimate of drug-likeness (QED) is 0.149. The Bertz CT molecular complexity index is 3930. The largest absolute Gasteiger partial charge is 0.436 e. The molecule has 0 spiro atoms. The molecule has 1 atom stereocenters. The summed E-state index contributed by atoms with van der Waals surface area (Å²) in [5, 5.41) is 4.45. The van der Waals surface area contributed by atoms with Gasteiger partial charge in [0.15, 0.2) is 17.2 Å². The van der Waals surface area contributed by atoms with Gasteiger partial charge < -0.3 is 8.98 Å². The van der Waals surface area contributed by atoms with Gasteiger partial charge in [0, 0.05) is 39.1 Å². The molecule has 2 aliphatic rings. The number of allylic oxidation sites excluding steroid dienone is 8. The van der Waals surface area contributed by atoms with Crippen molar-refractivity contribution < 1.29 is 4.42 Å². The number of oxazole rings is 1. The predicted octanol–water partition coefficient (Wildman–Crippen LogP) is 14.4. The van der Waals surface area contributed by atoms with E-state index in [9.17, 15) is 0 Å². The zero-order valence-corrected chi connectivity index (χ0v) is 36.3. The van der Waals surface area contributed by atoms with Crippen LogP contribution in [0.5, 0.6) is 0 Å². The number of aromatic nitrogens is 6. The molecule has 316 valence electrons. The van der Waals surface area contributed by atoms with Crippen molar-refractivity contribution in [2.45, 2.75) is 25.2 Å². The first-order valence-electron chi connectivity index (χ1n) is 22.8. The maximum atomic E-state index is 6.54. The SMILES string of the molecule is C1#CC(c2nc(-c3cccc(-c4ccccc4)c3)nc(-n3c4ccccc4c4ccc5c6ccccc6n(C6=C(c7nc8ccccc8o7)CCC=C6)c5c43)n2)/C=C(c2ccccc2)\C=C/C1. The van der Waals surface area contributed by atoms with Gasteiger partial charge >= 0.3 is 0 Å². The Morgan fingerprint density at radius 1 is 0.537 bits per heavy atom. The molecule has 0 radical (unpaired) electrons. The lowest BCUT2D eigenvalue weighted by Crippen LogP contribution is -2.11. The summed E-state index contributed by atoms with van der Waals surface area (Å²) in [4.78, 5) is 21.4. The highest BCUT2D eigenvalue weighted by Crippen LogP contribution is 2.44. The molecule has 4 heterocycles. The lowest BCUT2D eigenvalue weighted by atomic mass is 9.97. The molecular formula is C60H40N6O. The summed E-state index contributed by atoms with van der Waals surface area (Å²) >= 11 is 0. The fraction of sp³-hybridized carbons (Fsp3) is 0.0667. The minimum Gasteiger partial charge on any atom is -0.436 e. The Kier molecular flexibility index (Phi) is 9.21. The number of hydrogen-bond acceptors (Lipinski definition) is 5. The van der Waals surface area contributed by atoms with Crippen LogP contribution in [0.4, 0.5) is 0 Å². The van der Waals surface area contributed by atoms with E-state index in [1.54, 1.807) is 0 Å². The highest BCUT2D eigenvalue weighted by molar-refractivity contribution is 6.24. The molecule has 0 N–H and O–H groups in total. The molecule has 13 rings (SSSR count). The van der Waals surface area contributed by atoms with Gasteiger partial charge in [-0.15, -0.1) is 0 Å². The fourth-order valence-corrected chi connectivity index (χ4v) is 9.91. The fourth-order valence-electron chi connectivity index (χ4n) is 9.91. The topological polar surface area (TPSA) is 74.6 Å². The predicted molar refractivity (Wildman–Crippen MR) is 272 cm³/mol. The van der Waals surface area contributed by atoms with E-state index in [1.807, 2.05) is 36.4 Å². The molecule has 0 aliphatic heterocycles. The van der Waals surface area contributed by atoms with E-state index in [-0.39, 0.29) is 0 Å². The van der Waals surface area contributed by atoms with Crippen molar-refractivity contribution in [1.29, 1.82) is 0 Å². The lowest BCUT2D eigenvalue weighted by Gasteiger charge is -2.18. The van der Waals surface area contributed by atoms with Gasteiger partial charge in [0.05, 0.1) is 33.7 Å². The number of hydrogen-bond donors (Lipinski definition) is 0. The van der Waals surface area contributed by atoms with Gasteiger partial charge in [0.25, 0.3) is 0 Å². The average Bonchev–Trinajstić information content (AvgIpc) is 4.07. The molecule has 0 amide bonds. The van der Waals surface area contributed by atoms with Gasteiger partial charge in [-0.25, -0.2) is 9.97 Å². The van der Waals surface area contributed by atoms with Crippen molar-refractivity contribution in [3.05, 3.63) is 218 Å². The standard InChI is InChI=1S/C60H40N6O/c1-4-19-39(20-5-1)41-23-8-3-9-24-43(37-41)57-62-58(44-26-18-25-42(38-44)40-21-6-2-7-22-40)64-60(63-57)66-52-32-15-11-28-46(52)48-36-35-47-45-27-10-14-31-51(45)65(55(47)56(48)66)53-33-16-12-29-49(53)59-61-50-30-13-17-34-54(50)67-59/h1-2,4-8,10-11,13-23,25-28,30-38,43H,3,12,29H2/b23-8-,41-37+. The summed E-state index contributed by atoms with van der Waals surface area (Å²) < 4.78 is 11.2. The number of benzene rings is 7. The summed E-state index contributed by atoms with van der Waals surface area (Å²) in [7, 11) is 0. The molecule has 4 aromatic heterocycles. The number of rotatable bonds is 7. The summed E-state index contributed by atoms with van der Waals surface area (Å²) in [5.74, 6) is 8.85. The Morgan fingerprint density at radius 3 is 2.00 bits per heavy atom. The Morgan fingerprint density at radius 2 is 1.21 bits per heavy atom. The Labute approximate surface area is 386 Å². The summed E-state index contributed by atoms with van der Waals surface area (Å²) in [6.45, 7) is 0. The first-order chi connectivity index (χ1) is 33.2. The Hall–Kier alpha value is -8.86. The molecular weight excluding hydrogens is 821 g/mol. The van der Waals surface area contributed by atoms with E-state index in [0.717, 1.165) is 107 Å². The van der Waals surface area contributed by atoms with E-state index in [0.29, 0.717) is 29.9 Å². The first-order valence-corrected chi connectivity index (χ1v) is 22.8. The second-order valence-corrected chi connectivity index (χ2v) is 17.0. The van der Waals surface area contributed by atoms with Crippen molar-refractivity contribution in [2.75, 3.05) is 0 Å². The van der Waals surface area contributed by atoms with Crippen molar-refractivity contribution in [2.24, 2.45) is 0 Å². The highest BCUT2D eigenvalue weighted by atomic mass is 16.3. The van der Waals surface area contributed by atoms with Crippen LogP contribution >= 0.6 is 0 Å². The zero-order chi connectivity index (χ0) is 44.3. The van der Waals surface area contributed by atoms with E-state index in [1.165, 1.54) is 0 Å².